The van der Waals surface area contributed by atoms with Gasteiger partial charge in [-0.1, -0.05) is 23.7 Å². The Kier molecular flexibility index (Phi) is 10.1. The van der Waals surface area contributed by atoms with E-state index < -0.39 is 0 Å². The number of nitrogens with one attached hydrogen (secondary N) is 3. The summed E-state index contributed by atoms with van der Waals surface area (Å²) in [6, 6.07) is 7.84. The van der Waals surface area contributed by atoms with Crippen molar-refractivity contribution < 1.29 is 4.79 Å². The third kappa shape index (κ3) is 8.19. The lowest BCUT2D eigenvalue weighted by Gasteiger charge is -2.11. The molecule has 1 aliphatic rings. The van der Waals surface area contributed by atoms with Gasteiger partial charge in [0.25, 0.3) is 0 Å². The number of hydrogen-bond acceptors (Lipinski definition) is 2. The normalized spacial score (nSPS) is 13.8. The fraction of sp³-hybridized carbons (Fsp3) is 0.529. The molecule has 1 fully saturated rings. The van der Waals surface area contributed by atoms with Crippen LogP contribution in [0.4, 0.5) is 0 Å². The minimum Gasteiger partial charge on any atom is -0.357 e. The highest BCUT2D eigenvalue weighted by atomic mass is 127. The molecule has 0 spiro atoms. The second-order valence-electron chi connectivity index (χ2n) is 5.63. The molecule has 0 saturated heterocycles. The van der Waals surface area contributed by atoms with E-state index in [0.717, 1.165) is 36.8 Å². The summed E-state index contributed by atoms with van der Waals surface area (Å²) in [4.78, 5) is 16.1. The molecule has 0 bridgehead atoms. The van der Waals surface area contributed by atoms with Crippen LogP contribution in [0.25, 0.3) is 0 Å². The van der Waals surface area contributed by atoms with Gasteiger partial charge in [0.2, 0.25) is 5.91 Å². The Morgan fingerprint density at radius 3 is 2.67 bits per heavy atom. The van der Waals surface area contributed by atoms with Gasteiger partial charge in [0.1, 0.15) is 0 Å². The number of aliphatic imine (C=N–C) groups is 1. The third-order valence-electron chi connectivity index (χ3n) is 3.57. The standard InChI is InChI=1S/C17H25ClN4O.HI/c1-2-19-17(22-11-10-20-16(23)14-6-7-14)21-9-8-13-4-3-5-15(18)12-13;/h3-5,12,14H,2,6-11H2,1H3,(H,20,23)(H2,19,21,22);1H. The summed E-state index contributed by atoms with van der Waals surface area (Å²) in [5.41, 5.74) is 1.17. The number of guanidine groups is 1. The molecule has 1 amide bonds. The third-order valence-corrected chi connectivity index (χ3v) is 3.80. The van der Waals surface area contributed by atoms with E-state index in [9.17, 15) is 4.79 Å². The van der Waals surface area contributed by atoms with Gasteiger partial charge in [-0.3, -0.25) is 9.79 Å². The second kappa shape index (κ2) is 11.5. The van der Waals surface area contributed by atoms with Crippen LogP contribution in [-0.4, -0.2) is 38.0 Å². The number of carbonyl (C=O) groups excluding carboxylic acids is 1. The maximum absolute atomic E-state index is 11.5. The van der Waals surface area contributed by atoms with Crippen LogP contribution in [0.5, 0.6) is 0 Å². The first kappa shape index (κ1) is 21.0. The van der Waals surface area contributed by atoms with Crippen molar-refractivity contribution in [2.24, 2.45) is 10.9 Å². The molecular weight excluding hydrogens is 439 g/mol. The molecule has 0 aromatic heterocycles. The van der Waals surface area contributed by atoms with Crippen LogP contribution in [-0.2, 0) is 11.2 Å². The first-order chi connectivity index (χ1) is 11.2. The van der Waals surface area contributed by atoms with Gasteiger partial charge in [-0.25, -0.2) is 0 Å². The van der Waals surface area contributed by atoms with E-state index in [1.54, 1.807) is 0 Å². The summed E-state index contributed by atoms with van der Waals surface area (Å²) >= 11 is 5.98. The smallest absolute Gasteiger partial charge is 0.223 e. The lowest BCUT2D eigenvalue weighted by atomic mass is 10.1. The number of carbonyl (C=O) groups is 1. The second-order valence-corrected chi connectivity index (χ2v) is 6.07. The van der Waals surface area contributed by atoms with Gasteiger partial charge >= 0.3 is 0 Å². The van der Waals surface area contributed by atoms with Crippen molar-refractivity contribution in [1.82, 2.24) is 16.0 Å². The van der Waals surface area contributed by atoms with Crippen molar-refractivity contribution in [3.8, 4) is 0 Å². The molecule has 3 N–H and O–H groups in total. The zero-order valence-electron chi connectivity index (χ0n) is 14.0. The van der Waals surface area contributed by atoms with Gasteiger partial charge in [-0.2, -0.15) is 0 Å². The van der Waals surface area contributed by atoms with Crippen molar-refractivity contribution in [3.05, 3.63) is 34.9 Å². The Bertz CT molecular complexity index is 549. The topological polar surface area (TPSA) is 65.5 Å². The molecule has 0 unspecified atom stereocenters. The maximum atomic E-state index is 11.5. The quantitative estimate of drug-likeness (QED) is 0.240. The Morgan fingerprint density at radius 1 is 1.25 bits per heavy atom. The van der Waals surface area contributed by atoms with E-state index in [2.05, 4.69) is 27.0 Å². The molecular formula is C17H26ClIN4O. The Morgan fingerprint density at radius 2 is 2.00 bits per heavy atom. The van der Waals surface area contributed by atoms with E-state index in [1.807, 2.05) is 25.1 Å². The minimum atomic E-state index is 0. The first-order valence-corrected chi connectivity index (χ1v) is 8.61. The lowest BCUT2D eigenvalue weighted by molar-refractivity contribution is -0.122. The maximum Gasteiger partial charge on any atom is 0.223 e. The molecule has 0 radical (unpaired) electrons. The van der Waals surface area contributed by atoms with Crippen molar-refractivity contribution in [1.29, 1.82) is 0 Å². The minimum absolute atomic E-state index is 0. The van der Waals surface area contributed by atoms with Crippen LogP contribution < -0.4 is 16.0 Å². The van der Waals surface area contributed by atoms with Crippen LogP contribution in [0.2, 0.25) is 5.02 Å². The van der Waals surface area contributed by atoms with E-state index >= 15 is 0 Å². The predicted octanol–water partition coefficient (Wildman–Crippen LogP) is 2.58. The molecule has 2 rings (SSSR count). The first-order valence-electron chi connectivity index (χ1n) is 8.23. The molecule has 0 aliphatic heterocycles. The Balaban J connectivity index is 0.00000288. The summed E-state index contributed by atoms with van der Waals surface area (Å²) in [5, 5.41) is 10.1. The predicted molar refractivity (Wildman–Crippen MR) is 110 cm³/mol. The van der Waals surface area contributed by atoms with Crippen LogP contribution in [0.15, 0.2) is 29.3 Å². The van der Waals surface area contributed by atoms with E-state index in [0.29, 0.717) is 19.6 Å². The molecule has 1 aromatic rings. The van der Waals surface area contributed by atoms with Crippen LogP contribution in [0, 0.1) is 5.92 Å². The number of hydrogen-bond donors (Lipinski definition) is 3. The van der Waals surface area contributed by atoms with Gasteiger partial charge in [-0.05, 0) is 43.9 Å². The number of rotatable bonds is 8. The monoisotopic (exact) mass is 464 g/mol. The van der Waals surface area contributed by atoms with E-state index in [-0.39, 0.29) is 35.8 Å². The van der Waals surface area contributed by atoms with Crippen LogP contribution in [0.3, 0.4) is 0 Å². The van der Waals surface area contributed by atoms with Crippen molar-refractivity contribution in [2.75, 3.05) is 26.2 Å². The molecule has 134 valence electrons. The van der Waals surface area contributed by atoms with Crippen molar-refractivity contribution >= 4 is 47.4 Å². The number of amides is 1. The molecule has 1 saturated carbocycles. The molecule has 5 nitrogen and oxygen atoms in total. The highest BCUT2D eigenvalue weighted by Gasteiger charge is 2.28. The summed E-state index contributed by atoms with van der Waals surface area (Å²) in [5.74, 6) is 1.21. The van der Waals surface area contributed by atoms with Gasteiger partial charge in [0.05, 0.1) is 0 Å². The zero-order valence-corrected chi connectivity index (χ0v) is 17.1. The average Bonchev–Trinajstić information content (AvgIpc) is 3.36. The van der Waals surface area contributed by atoms with Crippen molar-refractivity contribution in [2.45, 2.75) is 26.2 Å². The van der Waals surface area contributed by atoms with Crippen molar-refractivity contribution in [3.63, 3.8) is 0 Å². The van der Waals surface area contributed by atoms with Gasteiger partial charge in [0.15, 0.2) is 5.96 Å². The zero-order chi connectivity index (χ0) is 16.5. The van der Waals surface area contributed by atoms with Gasteiger partial charge in [-0.15, -0.1) is 24.0 Å². The molecule has 24 heavy (non-hydrogen) atoms. The SMILES string of the molecule is CCNC(=NCCc1cccc(Cl)c1)NCCNC(=O)C1CC1.I. The van der Waals surface area contributed by atoms with Crippen LogP contribution >= 0.6 is 35.6 Å². The molecule has 0 heterocycles. The number of nitrogens with zero attached hydrogens (tertiary/aromatic N) is 1. The van der Waals surface area contributed by atoms with Gasteiger partial charge < -0.3 is 16.0 Å². The molecule has 1 aliphatic carbocycles. The highest BCUT2D eigenvalue weighted by Crippen LogP contribution is 2.28. The van der Waals surface area contributed by atoms with E-state index in [1.165, 1.54) is 5.56 Å². The average molecular weight is 465 g/mol. The fourth-order valence-corrected chi connectivity index (χ4v) is 2.40. The lowest BCUT2D eigenvalue weighted by Crippen LogP contribution is -2.41. The molecule has 1 aromatic carbocycles. The Labute approximate surface area is 166 Å². The molecule has 0 atom stereocenters. The van der Waals surface area contributed by atoms with Crippen LogP contribution in [0.1, 0.15) is 25.3 Å². The summed E-state index contributed by atoms with van der Waals surface area (Å²) in [6.45, 7) is 4.81. The summed E-state index contributed by atoms with van der Waals surface area (Å²) in [6.07, 6.45) is 2.91. The molecule has 7 heteroatoms. The number of benzene rings is 1. The van der Waals surface area contributed by atoms with E-state index in [4.69, 9.17) is 11.6 Å². The Hall–Kier alpha value is -1.02. The summed E-state index contributed by atoms with van der Waals surface area (Å²) in [7, 11) is 0. The highest BCUT2D eigenvalue weighted by molar-refractivity contribution is 14.0. The number of halogens is 2. The summed E-state index contributed by atoms with van der Waals surface area (Å²) < 4.78 is 0. The largest absolute Gasteiger partial charge is 0.357 e. The van der Waals surface area contributed by atoms with Gasteiger partial charge in [0, 0.05) is 37.1 Å². The fourth-order valence-electron chi connectivity index (χ4n) is 2.19.